The van der Waals surface area contributed by atoms with E-state index >= 15 is 0 Å². The maximum Gasteiger partial charge on any atom is 0.304 e. The number of carbonyl (C=O) groups excluding carboxylic acids is 2. The number of amides is 2. The predicted octanol–water partition coefficient (Wildman–Crippen LogP) is -0.622. The van der Waals surface area contributed by atoms with Crippen molar-refractivity contribution >= 4 is 17.8 Å². The second-order valence-electron chi connectivity index (χ2n) is 4.48. The van der Waals surface area contributed by atoms with Crippen LogP contribution in [0.5, 0.6) is 0 Å². The van der Waals surface area contributed by atoms with Crippen molar-refractivity contribution in [3.05, 3.63) is 0 Å². The maximum atomic E-state index is 11.8. The zero-order valence-corrected chi connectivity index (χ0v) is 11.8. The van der Waals surface area contributed by atoms with E-state index in [1.165, 1.54) is 4.90 Å². The third-order valence-electron chi connectivity index (χ3n) is 2.49. The zero-order valence-electron chi connectivity index (χ0n) is 11.8. The summed E-state index contributed by atoms with van der Waals surface area (Å²) in [6.07, 6.45) is 0.839. The van der Waals surface area contributed by atoms with Crippen LogP contribution in [-0.2, 0) is 14.4 Å². The van der Waals surface area contributed by atoms with Crippen molar-refractivity contribution in [2.75, 3.05) is 40.3 Å². The molecule has 7 nitrogen and oxygen atoms in total. The molecule has 0 aliphatic heterocycles. The minimum atomic E-state index is -0.897. The van der Waals surface area contributed by atoms with E-state index in [2.05, 4.69) is 5.32 Å². The van der Waals surface area contributed by atoms with Gasteiger partial charge in [-0.3, -0.25) is 19.3 Å². The highest BCUT2D eigenvalue weighted by Gasteiger charge is 2.14. The van der Waals surface area contributed by atoms with Gasteiger partial charge in [0.2, 0.25) is 11.8 Å². The first-order chi connectivity index (χ1) is 8.86. The van der Waals surface area contributed by atoms with Gasteiger partial charge in [-0.05, 0) is 13.5 Å². The van der Waals surface area contributed by atoms with Gasteiger partial charge in [-0.25, -0.2) is 0 Å². The molecule has 0 spiro atoms. The van der Waals surface area contributed by atoms with Crippen molar-refractivity contribution in [3.63, 3.8) is 0 Å². The summed E-state index contributed by atoms with van der Waals surface area (Å²) in [6, 6.07) is 0. The van der Waals surface area contributed by atoms with Crippen LogP contribution < -0.4 is 5.32 Å². The van der Waals surface area contributed by atoms with Crippen molar-refractivity contribution in [2.45, 2.75) is 19.8 Å². The third kappa shape index (κ3) is 9.01. The minimum absolute atomic E-state index is 0.00944. The summed E-state index contributed by atoms with van der Waals surface area (Å²) >= 11 is 0. The number of aliphatic carboxylic acids is 1. The largest absolute Gasteiger partial charge is 0.481 e. The topological polar surface area (TPSA) is 90.0 Å². The van der Waals surface area contributed by atoms with E-state index in [0.29, 0.717) is 13.1 Å². The van der Waals surface area contributed by atoms with Gasteiger partial charge in [0, 0.05) is 20.1 Å². The van der Waals surface area contributed by atoms with Crippen molar-refractivity contribution in [3.8, 4) is 0 Å². The average molecular weight is 273 g/mol. The lowest BCUT2D eigenvalue weighted by atomic mass is 10.3. The molecule has 0 radical (unpaired) electrons. The lowest BCUT2D eigenvalue weighted by Crippen LogP contribution is -2.42. The van der Waals surface area contributed by atoms with Crippen molar-refractivity contribution in [2.24, 2.45) is 0 Å². The van der Waals surface area contributed by atoms with Crippen LogP contribution in [-0.4, -0.2) is 73.0 Å². The van der Waals surface area contributed by atoms with Gasteiger partial charge in [-0.2, -0.15) is 0 Å². The smallest absolute Gasteiger partial charge is 0.304 e. The number of nitrogens with one attached hydrogen (secondary N) is 1. The molecule has 7 heteroatoms. The first kappa shape index (κ1) is 17.4. The number of carbonyl (C=O) groups is 3. The molecule has 110 valence electrons. The van der Waals surface area contributed by atoms with Gasteiger partial charge in [-0.1, -0.05) is 6.92 Å². The molecule has 0 aromatic carbocycles. The first-order valence-electron chi connectivity index (χ1n) is 6.27. The van der Waals surface area contributed by atoms with Crippen LogP contribution >= 0.6 is 0 Å². The lowest BCUT2D eigenvalue weighted by molar-refractivity contribution is -0.138. The number of rotatable bonds is 9. The Labute approximate surface area is 113 Å². The summed E-state index contributed by atoms with van der Waals surface area (Å²) < 4.78 is 0. The van der Waals surface area contributed by atoms with E-state index in [1.54, 1.807) is 19.0 Å². The Morgan fingerprint density at radius 2 is 1.79 bits per heavy atom. The molecule has 0 aliphatic carbocycles. The van der Waals surface area contributed by atoms with Crippen LogP contribution in [0, 0.1) is 0 Å². The number of hydrogen-bond donors (Lipinski definition) is 2. The predicted molar refractivity (Wildman–Crippen MR) is 70.7 cm³/mol. The molecule has 0 aliphatic rings. The monoisotopic (exact) mass is 273 g/mol. The molecule has 0 aromatic heterocycles. The van der Waals surface area contributed by atoms with Crippen molar-refractivity contribution in [1.82, 2.24) is 15.1 Å². The Morgan fingerprint density at radius 1 is 1.16 bits per heavy atom. The number of hydrogen-bond acceptors (Lipinski definition) is 4. The van der Waals surface area contributed by atoms with E-state index in [4.69, 9.17) is 5.11 Å². The van der Waals surface area contributed by atoms with E-state index in [9.17, 15) is 14.4 Å². The van der Waals surface area contributed by atoms with Crippen LogP contribution in [0.15, 0.2) is 0 Å². The molecule has 0 aromatic rings. The standard InChI is InChI=1S/C12H23N3O4/c1-4-6-13-10(16)8-15(3)11(17)9-14(2)7-5-12(18)19/h4-9H2,1-3H3,(H,13,16)(H,18,19). The Bertz CT molecular complexity index is 320. The fourth-order valence-electron chi connectivity index (χ4n) is 1.34. The van der Waals surface area contributed by atoms with E-state index in [-0.39, 0.29) is 31.3 Å². The van der Waals surface area contributed by atoms with E-state index in [1.807, 2.05) is 6.92 Å². The quantitative estimate of drug-likeness (QED) is 0.584. The third-order valence-corrected chi connectivity index (χ3v) is 2.49. The molecule has 0 saturated heterocycles. The average Bonchev–Trinajstić information content (AvgIpc) is 2.33. The molecular weight excluding hydrogens is 250 g/mol. The molecule has 0 unspecified atom stereocenters. The van der Waals surface area contributed by atoms with Gasteiger partial charge in [-0.15, -0.1) is 0 Å². The highest BCUT2D eigenvalue weighted by Crippen LogP contribution is 1.92. The highest BCUT2D eigenvalue weighted by molar-refractivity contribution is 5.85. The molecule has 19 heavy (non-hydrogen) atoms. The van der Waals surface area contributed by atoms with Gasteiger partial charge in [0.1, 0.15) is 0 Å². The van der Waals surface area contributed by atoms with E-state index in [0.717, 1.165) is 6.42 Å². The van der Waals surface area contributed by atoms with Gasteiger partial charge in [0.15, 0.2) is 0 Å². The molecule has 0 fully saturated rings. The fourth-order valence-corrected chi connectivity index (χ4v) is 1.34. The maximum absolute atomic E-state index is 11.8. The van der Waals surface area contributed by atoms with Crippen LogP contribution in [0.4, 0.5) is 0 Å². The summed E-state index contributed by atoms with van der Waals surface area (Å²) in [7, 11) is 3.23. The number of likely N-dealkylation sites (N-methyl/N-ethyl adjacent to an activating group) is 2. The molecule has 2 amide bonds. The molecule has 0 rings (SSSR count). The number of carboxylic acids is 1. The molecule has 0 heterocycles. The van der Waals surface area contributed by atoms with Gasteiger partial charge in [0.05, 0.1) is 19.5 Å². The summed E-state index contributed by atoms with van der Waals surface area (Å²) in [4.78, 5) is 36.5. The van der Waals surface area contributed by atoms with Gasteiger partial charge >= 0.3 is 5.97 Å². The second kappa shape index (κ2) is 9.32. The molecular formula is C12H23N3O4. The van der Waals surface area contributed by atoms with Crippen LogP contribution in [0.1, 0.15) is 19.8 Å². The highest BCUT2D eigenvalue weighted by atomic mass is 16.4. The van der Waals surface area contributed by atoms with Crippen LogP contribution in [0.25, 0.3) is 0 Å². The molecule has 0 bridgehead atoms. The van der Waals surface area contributed by atoms with Crippen LogP contribution in [0.3, 0.4) is 0 Å². The van der Waals surface area contributed by atoms with E-state index < -0.39 is 5.97 Å². The summed E-state index contributed by atoms with van der Waals surface area (Å²) in [5.74, 6) is -1.29. The summed E-state index contributed by atoms with van der Waals surface area (Å²) in [5, 5.41) is 11.2. The minimum Gasteiger partial charge on any atom is -0.481 e. The fraction of sp³-hybridized carbons (Fsp3) is 0.750. The van der Waals surface area contributed by atoms with Crippen LogP contribution in [0.2, 0.25) is 0 Å². The second-order valence-corrected chi connectivity index (χ2v) is 4.48. The summed E-state index contributed by atoms with van der Waals surface area (Å²) in [6.45, 7) is 2.97. The molecule has 0 atom stereocenters. The normalized spacial score (nSPS) is 10.3. The molecule has 0 saturated carbocycles. The lowest BCUT2D eigenvalue weighted by Gasteiger charge is -2.21. The zero-order chi connectivity index (χ0) is 14.8. The molecule has 2 N–H and O–H groups in total. The van der Waals surface area contributed by atoms with Gasteiger partial charge in [0.25, 0.3) is 0 Å². The Hall–Kier alpha value is -1.63. The Kier molecular flexibility index (Phi) is 8.52. The summed E-state index contributed by atoms with van der Waals surface area (Å²) in [5.41, 5.74) is 0. The van der Waals surface area contributed by atoms with Crippen molar-refractivity contribution in [1.29, 1.82) is 0 Å². The number of carboxylic acid groups (broad SMARTS) is 1. The SMILES string of the molecule is CCCNC(=O)CN(C)C(=O)CN(C)CCC(=O)O. The van der Waals surface area contributed by atoms with Gasteiger partial charge < -0.3 is 15.3 Å². The first-order valence-corrected chi connectivity index (χ1v) is 6.27. The van der Waals surface area contributed by atoms with Crippen molar-refractivity contribution < 1.29 is 19.5 Å². The number of nitrogens with zero attached hydrogens (tertiary/aromatic N) is 2. The Morgan fingerprint density at radius 3 is 2.32 bits per heavy atom. The Balaban J connectivity index is 3.98.